The molecule has 0 aromatic heterocycles. The second kappa shape index (κ2) is 7.63. The van der Waals surface area contributed by atoms with Gasteiger partial charge in [-0.1, -0.05) is 42.5 Å². The summed E-state index contributed by atoms with van der Waals surface area (Å²) >= 11 is 0. The van der Waals surface area contributed by atoms with Crippen molar-refractivity contribution in [2.45, 2.75) is 32.2 Å². The summed E-state index contributed by atoms with van der Waals surface area (Å²) < 4.78 is 5.61. The molecule has 0 fully saturated rings. The normalized spacial score (nSPS) is 21.2. The zero-order chi connectivity index (χ0) is 13.4. The Balaban J connectivity index is 0.000000357. The highest BCUT2D eigenvalue weighted by Gasteiger charge is 2.16. The average Bonchev–Trinajstić information content (AvgIpc) is 2.73. The van der Waals surface area contributed by atoms with E-state index in [4.69, 9.17) is 14.6 Å². The minimum atomic E-state index is -0.833. The van der Waals surface area contributed by atoms with Crippen LogP contribution >= 0.6 is 0 Å². The van der Waals surface area contributed by atoms with Crippen molar-refractivity contribution in [3.63, 3.8) is 0 Å². The number of aliphatic hydroxyl groups excluding tert-OH is 1. The average molecular weight is 250 g/mol. The first-order valence-electron chi connectivity index (χ1n) is 5.79. The van der Waals surface area contributed by atoms with E-state index in [1.165, 1.54) is 5.56 Å². The van der Waals surface area contributed by atoms with Gasteiger partial charge in [-0.05, 0) is 5.56 Å². The molecule has 2 atom stereocenters. The molecule has 4 heteroatoms. The Hall–Kier alpha value is -1.65. The van der Waals surface area contributed by atoms with Gasteiger partial charge in [0, 0.05) is 13.3 Å². The number of aliphatic carboxylic acids is 1. The van der Waals surface area contributed by atoms with Crippen molar-refractivity contribution in [1.82, 2.24) is 0 Å². The van der Waals surface area contributed by atoms with Gasteiger partial charge in [-0.15, -0.1) is 0 Å². The Morgan fingerprint density at radius 1 is 1.33 bits per heavy atom. The van der Waals surface area contributed by atoms with Crippen LogP contribution in [0.15, 0.2) is 42.5 Å². The molecule has 0 amide bonds. The highest BCUT2D eigenvalue weighted by Crippen LogP contribution is 2.15. The van der Waals surface area contributed by atoms with E-state index in [2.05, 4.69) is 0 Å². The van der Waals surface area contributed by atoms with E-state index in [-0.39, 0.29) is 12.2 Å². The molecule has 98 valence electrons. The fourth-order valence-corrected chi connectivity index (χ4v) is 1.55. The van der Waals surface area contributed by atoms with E-state index >= 15 is 0 Å². The van der Waals surface area contributed by atoms with Crippen molar-refractivity contribution in [1.29, 1.82) is 0 Å². The van der Waals surface area contributed by atoms with Gasteiger partial charge in [0.15, 0.2) is 0 Å². The summed E-state index contributed by atoms with van der Waals surface area (Å²) in [4.78, 5) is 9.00. The van der Waals surface area contributed by atoms with Crippen LogP contribution < -0.4 is 0 Å². The van der Waals surface area contributed by atoms with Crippen LogP contribution in [0, 0.1) is 0 Å². The number of rotatable bonds is 3. The third-order valence-electron chi connectivity index (χ3n) is 2.33. The van der Waals surface area contributed by atoms with Gasteiger partial charge in [-0.25, -0.2) is 0 Å². The molecular weight excluding hydrogens is 232 g/mol. The Morgan fingerprint density at radius 3 is 2.44 bits per heavy atom. The van der Waals surface area contributed by atoms with E-state index in [0.29, 0.717) is 13.0 Å². The molecule has 0 bridgehead atoms. The second-order valence-corrected chi connectivity index (χ2v) is 4.04. The molecule has 0 spiro atoms. The summed E-state index contributed by atoms with van der Waals surface area (Å²) in [5, 5.41) is 16.6. The number of hydrogen-bond acceptors (Lipinski definition) is 3. The number of carboxylic acids is 1. The SMILES string of the molecule is CC(=O)O.OC1C=CC(OCc2ccccc2)C1. The van der Waals surface area contributed by atoms with Crippen LogP contribution in [0.3, 0.4) is 0 Å². The van der Waals surface area contributed by atoms with E-state index in [1.54, 1.807) is 6.08 Å². The topological polar surface area (TPSA) is 66.8 Å². The largest absolute Gasteiger partial charge is 0.481 e. The molecule has 4 nitrogen and oxygen atoms in total. The van der Waals surface area contributed by atoms with Crippen molar-refractivity contribution < 1.29 is 19.7 Å². The van der Waals surface area contributed by atoms with Crippen LogP contribution in [0.4, 0.5) is 0 Å². The fraction of sp³-hybridized carbons (Fsp3) is 0.357. The van der Waals surface area contributed by atoms with Crippen molar-refractivity contribution in [2.24, 2.45) is 0 Å². The van der Waals surface area contributed by atoms with Crippen LogP contribution in [-0.4, -0.2) is 28.4 Å². The van der Waals surface area contributed by atoms with Crippen LogP contribution in [-0.2, 0) is 16.1 Å². The summed E-state index contributed by atoms with van der Waals surface area (Å²) in [5.74, 6) is -0.833. The Bertz CT molecular complexity index is 382. The fourth-order valence-electron chi connectivity index (χ4n) is 1.55. The number of aliphatic hydroxyl groups is 1. The molecule has 0 heterocycles. The molecule has 1 aromatic rings. The van der Waals surface area contributed by atoms with Gasteiger partial charge in [0.25, 0.3) is 5.97 Å². The maximum atomic E-state index is 9.23. The first kappa shape index (κ1) is 14.4. The summed E-state index contributed by atoms with van der Waals surface area (Å²) in [6, 6.07) is 10.1. The van der Waals surface area contributed by atoms with Crippen molar-refractivity contribution in [3.8, 4) is 0 Å². The molecule has 1 aliphatic carbocycles. The minimum Gasteiger partial charge on any atom is -0.481 e. The molecule has 1 aromatic carbocycles. The molecule has 0 saturated heterocycles. The van der Waals surface area contributed by atoms with Gasteiger partial charge in [-0.2, -0.15) is 0 Å². The summed E-state index contributed by atoms with van der Waals surface area (Å²) in [7, 11) is 0. The number of ether oxygens (including phenoxy) is 1. The predicted molar refractivity (Wildman–Crippen MR) is 68.1 cm³/mol. The third kappa shape index (κ3) is 6.18. The molecule has 0 saturated carbocycles. The number of carbonyl (C=O) groups is 1. The first-order chi connectivity index (χ1) is 8.58. The highest BCUT2D eigenvalue weighted by atomic mass is 16.5. The Labute approximate surface area is 107 Å². The van der Waals surface area contributed by atoms with E-state index in [1.807, 2.05) is 36.4 Å². The predicted octanol–water partition coefficient (Wildman–Crippen LogP) is 1.98. The van der Waals surface area contributed by atoms with Gasteiger partial charge in [0.05, 0.1) is 18.8 Å². The molecular formula is C14H18O4. The van der Waals surface area contributed by atoms with E-state index in [9.17, 15) is 5.11 Å². The number of carboxylic acid groups (broad SMARTS) is 1. The lowest BCUT2D eigenvalue weighted by Gasteiger charge is -2.10. The van der Waals surface area contributed by atoms with Crippen LogP contribution in [0.2, 0.25) is 0 Å². The third-order valence-corrected chi connectivity index (χ3v) is 2.33. The molecule has 2 rings (SSSR count). The molecule has 0 aliphatic heterocycles. The smallest absolute Gasteiger partial charge is 0.300 e. The van der Waals surface area contributed by atoms with Crippen LogP contribution in [0.25, 0.3) is 0 Å². The Morgan fingerprint density at radius 2 is 1.94 bits per heavy atom. The number of hydrogen-bond donors (Lipinski definition) is 2. The molecule has 2 N–H and O–H groups in total. The quantitative estimate of drug-likeness (QED) is 0.805. The van der Waals surface area contributed by atoms with E-state index < -0.39 is 5.97 Å². The molecule has 0 radical (unpaired) electrons. The van der Waals surface area contributed by atoms with Crippen LogP contribution in [0.5, 0.6) is 0 Å². The van der Waals surface area contributed by atoms with E-state index in [0.717, 1.165) is 6.92 Å². The minimum absolute atomic E-state index is 0.0743. The highest BCUT2D eigenvalue weighted by molar-refractivity contribution is 5.62. The van der Waals surface area contributed by atoms with Gasteiger partial charge in [0.1, 0.15) is 0 Å². The monoisotopic (exact) mass is 250 g/mol. The molecule has 2 unspecified atom stereocenters. The molecule has 1 aliphatic rings. The van der Waals surface area contributed by atoms with Crippen LogP contribution in [0.1, 0.15) is 18.9 Å². The maximum absolute atomic E-state index is 9.23. The van der Waals surface area contributed by atoms with Crippen molar-refractivity contribution in [2.75, 3.05) is 0 Å². The standard InChI is InChI=1S/C12H14O2.C2H4O2/c13-11-6-7-12(8-11)14-9-10-4-2-1-3-5-10;1-2(3)4/h1-7,11-13H,8-9H2;1H3,(H,3,4). The van der Waals surface area contributed by atoms with Gasteiger partial charge in [-0.3, -0.25) is 4.79 Å². The lowest BCUT2D eigenvalue weighted by molar-refractivity contribution is -0.134. The number of benzene rings is 1. The van der Waals surface area contributed by atoms with Gasteiger partial charge >= 0.3 is 0 Å². The van der Waals surface area contributed by atoms with Crippen molar-refractivity contribution in [3.05, 3.63) is 48.0 Å². The van der Waals surface area contributed by atoms with Gasteiger partial charge < -0.3 is 14.9 Å². The lowest BCUT2D eigenvalue weighted by atomic mass is 10.2. The van der Waals surface area contributed by atoms with Gasteiger partial charge in [0.2, 0.25) is 0 Å². The second-order valence-electron chi connectivity index (χ2n) is 4.04. The first-order valence-corrected chi connectivity index (χ1v) is 5.79. The summed E-state index contributed by atoms with van der Waals surface area (Å²) in [5.41, 5.74) is 1.17. The lowest BCUT2D eigenvalue weighted by Crippen LogP contribution is -2.10. The zero-order valence-corrected chi connectivity index (χ0v) is 10.3. The zero-order valence-electron chi connectivity index (χ0n) is 10.3. The maximum Gasteiger partial charge on any atom is 0.300 e. The summed E-state index contributed by atoms with van der Waals surface area (Å²) in [6.45, 7) is 1.70. The Kier molecular flexibility index (Phi) is 6.11. The summed E-state index contributed by atoms with van der Waals surface area (Å²) in [6.07, 6.45) is 4.15. The van der Waals surface area contributed by atoms with Crippen molar-refractivity contribution >= 4 is 5.97 Å². The molecule has 18 heavy (non-hydrogen) atoms.